The molecule has 32 heavy (non-hydrogen) atoms. The molecule has 2 aromatic rings. The van der Waals surface area contributed by atoms with E-state index in [9.17, 15) is 4.79 Å². The molecule has 4 aliphatic carbocycles. The first-order valence-electron chi connectivity index (χ1n) is 12.3. The van der Waals surface area contributed by atoms with Crippen LogP contribution >= 0.6 is 0 Å². The Hall–Kier alpha value is -1.94. The molecule has 3 nitrogen and oxygen atoms in total. The molecule has 0 aliphatic heterocycles. The van der Waals surface area contributed by atoms with Gasteiger partial charge in [0.15, 0.2) is 5.78 Å². The molecule has 0 radical (unpaired) electrons. The van der Waals surface area contributed by atoms with Gasteiger partial charge in [-0.1, -0.05) is 20.8 Å². The van der Waals surface area contributed by atoms with Crippen molar-refractivity contribution in [2.45, 2.75) is 82.8 Å². The van der Waals surface area contributed by atoms with Crippen molar-refractivity contribution in [3.63, 3.8) is 0 Å². The van der Waals surface area contributed by atoms with Gasteiger partial charge in [-0.3, -0.25) is 9.78 Å². The number of hydrogen-bond acceptors (Lipinski definition) is 3. The van der Waals surface area contributed by atoms with Gasteiger partial charge in [-0.2, -0.15) is 0 Å². The zero-order valence-electron chi connectivity index (χ0n) is 20.3. The minimum absolute atomic E-state index is 0.0583. The van der Waals surface area contributed by atoms with E-state index in [1.807, 2.05) is 18.2 Å². The van der Waals surface area contributed by atoms with Gasteiger partial charge < -0.3 is 4.43 Å². The van der Waals surface area contributed by atoms with Crippen molar-refractivity contribution in [3.8, 4) is 5.75 Å². The van der Waals surface area contributed by atoms with Crippen LogP contribution in [0.4, 0.5) is 0 Å². The maximum atomic E-state index is 13.3. The van der Waals surface area contributed by atoms with Crippen LogP contribution in [0.25, 0.3) is 0 Å². The molecule has 4 bridgehead atoms. The number of carbonyl (C=O) groups is 1. The average Bonchev–Trinajstić information content (AvgIpc) is 2.72. The van der Waals surface area contributed by atoms with E-state index in [1.54, 1.807) is 12.4 Å². The molecular formula is C28H37NO2Si. The lowest BCUT2D eigenvalue weighted by Crippen LogP contribution is -2.49. The number of benzene rings is 1. The molecule has 6 rings (SSSR count). The number of nitrogens with zero attached hydrogens (tertiary/aromatic N) is 1. The fraction of sp³-hybridized carbons (Fsp3) is 0.571. The standard InChI is InChI=1S/C28H37NO2Si/c1-27(2,3)32(4,5)31-25-9-8-22(26(30)23-7-6-10-29-18-23)14-24(25)28-15-19-11-20(16-28)13-21(12-19)17-28/h6-10,14,18-21H,11-13,15-17H2,1-5H3. The maximum absolute atomic E-state index is 13.3. The third kappa shape index (κ3) is 3.75. The van der Waals surface area contributed by atoms with Crippen molar-refractivity contribution in [3.05, 3.63) is 59.4 Å². The fourth-order valence-electron chi connectivity index (χ4n) is 6.71. The average molecular weight is 448 g/mol. The highest BCUT2D eigenvalue weighted by molar-refractivity contribution is 6.74. The molecule has 4 saturated carbocycles. The van der Waals surface area contributed by atoms with Crippen LogP contribution in [0.1, 0.15) is 80.8 Å². The first kappa shape index (κ1) is 21.9. The SMILES string of the molecule is CC(C)(C)[Si](C)(C)Oc1ccc(C(=O)c2cccnc2)cc1C12CC3CC(CC(C3)C1)C2. The largest absolute Gasteiger partial charge is 0.543 e. The number of carbonyl (C=O) groups excluding carboxylic acids is 1. The van der Waals surface area contributed by atoms with Gasteiger partial charge in [-0.25, -0.2) is 0 Å². The summed E-state index contributed by atoms with van der Waals surface area (Å²) in [5.74, 6) is 3.64. The van der Waals surface area contributed by atoms with Crippen molar-refractivity contribution in [2.75, 3.05) is 0 Å². The molecule has 0 N–H and O–H groups in total. The molecule has 4 fully saturated rings. The number of pyridine rings is 1. The Labute approximate surface area is 194 Å². The van der Waals surface area contributed by atoms with Crippen LogP contribution in [0, 0.1) is 17.8 Å². The van der Waals surface area contributed by atoms with E-state index in [0.717, 1.165) is 29.1 Å². The van der Waals surface area contributed by atoms with E-state index in [4.69, 9.17) is 4.43 Å². The molecule has 1 heterocycles. The molecule has 0 atom stereocenters. The number of rotatable bonds is 5. The van der Waals surface area contributed by atoms with Gasteiger partial charge in [-0.05, 0) is 116 Å². The van der Waals surface area contributed by atoms with E-state index in [2.05, 4.69) is 51.0 Å². The Morgan fingerprint density at radius 2 is 1.62 bits per heavy atom. The lowest BCUT2D eigenvalue weighted by molar-refractivity contribution is -0.00587. The summed E-state index contributed by atoms with van der Waals surface area (Å²) in [4.78, 5) is 17.5. The summed E-state index contributed by atoms with van der Waals surface area (Å²) in [7, 11) is -1.99. The van der Waals surface area contributed by atoms with E-state index in [1.165, 1.54) is 44.1 Å². The summed E-state index contributed by atoms with van der Waals surface area (Å²) in [5.41, 5.74) is 2.92. The third-order valence-corrected chi connectivity index (χ3v) is 13.3. The van der Waals surface area contributed by atoms with E-state index >= 15 is 0 Å². The fourth-order valence-corrected chi connectivity index (χ4v) is 7.74. The first-order chi connectivity index (χ1) is 15.1. The van der Waals surface area contributed by atoms with Crippen LogP contribution in [-0.4, -0.2) is 19.1 Å². The maximum Gasteiger partial charge on any atom is 0.250 e. The second-order valence-electron chi connectivity index (χ2n) is 12.3. The summed E-state index contributed by atoms with van der Waals surface area (Å²) in [6, 6.07) is 9.98. The molecule has 170 valence electrons. The summed E-state index contributed by atoms with van der Waals surface area (Å²) < 4.78 is 6.94. The van der Waals surface area contributed by atoms with Gasteiger partial charge in [0, 0.05) is 23.5 Å². The molecular weight excluding hydrogens is 410 g/mol. The van der Waals surface area contributed by atoms with Crippen LogP contribution in [0.5, 0.6) is 5.75 Å². The van der Waals surface area contributed by atoms with Gasteiger partial charge >= 0.3 is 0 Å². The second kappa shape index (κ2) is 7.55. The van der Waals surface area contributed by atoms with Crippen molar-refractivity contribution in [1.29, 1.82) is 0 Å². The van der Waals surface area contributed by atoms with Gasteiger partial charge in [0.25, 0.3) is 0 Å². The van der Waals surface area contributed by atoms with E-state index in [0.29, 0.717) is 5.56 Å². The lowest BCUT2D eigenvalue weighted by atomic mass is 9.48. The number of aromatic nitrogens is 1. The number of ketones is 1. The minimum atomic E-state index is -1.99. The monoisotopic (exact) mass is 447 g/mol. The topological polar surface area (TPSA) is 39.2 Å². The highest BCUT2D eigenvalue weighted by Gasteiger charge is 2.53. The minimum Gasteiger partial charge on any atom is -0.543 e. The number of hydrogen-bond donors (Lipinski definition) is 0. The van der Waals surface area contributed by atoms with Crippen LogP contribution in [0.15, 0.2) is 42.7 Å². The van der Waals surface area contributed by atoms with Crippen LogP contribution in [-0.2, 0) is 5.41 Å². The smallest absolute Gasteiger partial charge is 0.250 e. The zero-order chi connectivity index (χ0) is 22.7. The predicted molar refractivity (Wildman–Crippen MR) is 132 cm³/mol. The van der Waals surface area contributed by atoms with Gasteiger partial charge in [0.1, 0.15) is 5.75 Å². The molecule has 0 amide bonds. The van der Waals surface area contributed by atoms with Gasteiger partial charge in [-0.15, -0.1) is 0 Å². The Morgan fingerprint density at radius 1 is 1.00 bits per heavy atom. The summed E-state index contributed by atoms with van der Waals surface area (Å²) >= 11 is 0. The normalized spacial score (nSPS) is 29.2. The summed E-state index contributed by atoms with van der Waals surface area (Å²) in [6.07, 6.45) is 11.4. The summed E-state index contributed by atoms with van der Waals surface area (Å²) in [6.45, 7) is 11.5. The summed E-state index contributed by atoms with van der Waals surface area (Å²) in [5, 5.41) is 0.135. The Bertz CT molecular complexity index is 986. The van der Waals surface area contributed by atoms with Crippen LogP contribution < -0.4 is 4.43 Å². The lowest BCUT2D eigenvalue weighted by Gasteiger charge is -2.57. The van der Waals surface area contributed by atoms with Crippen LogP contribution in [0.3, 0.4) is 0 Å². The van der Waals surface area contributed by atoms with Crippen molar-refractivity contribution < 1.29 is 9.22 Å². The van der Waals surface area contributed by atoms with Crippen molar-refractivity contribution >= 4 is 14.1 Å². The molecule has 0 unspecified atom stereocenters. The van der Waals surface area contributed by atoms with Crippen molar-refractivity contribution in [2.24, 2.45) is 17.8 Å². The van der Waals surface area contributed by atoms with E-state index < -0.39 is 8.32 Å². The Kier molecular flexibility index (Phi) is 5.16. The molecule has 1 aromatic heterocycles. The Morgan fingerprint density at radius 3 is 2.16 bits per heavy atom. The molecule has 4 heteroatoms. The highest BCUT2D eigenvalue weighted by Crippen LogP contribution is 2.62. The zero-order valence-corrected chi connectivity index (χ0v) is 21.3. The molecule has 4 aliphatic rings. The van der Waals surface area contributed by atoms with Crippen molar-refractivity contribution in [1.82, 2.24) is 4.98 Å². The third-order valence-electron chi connectivity index (χ3n) is 8.95. The van der Waals surface area contributed by atoms with Gasteiger partial charge in [0.05, 0.1) is 0 Å². The van der Waals surface area contributed by atoms with E-state index in [-0.39, 0.29) is 16.2 Å². The van der Waals surface area contributed by atoms with Gasteiger partial charge in [0.2, 0.25) is 8.32 Å². The second-order valence-corrected chi connectivity index (χ2v) is 17.1. The molecule has 1 aromatic carbocycles. The highest BCUT2D eigenvalue weighted by atomic mass is 28.4. The Balaban J connectivity index is 1.59. The predicted octanol–water partition coefficient (Wildman–Crippen LogP) is 7.16. The van der Waals surface area contributed by atoms with Crippen LogP contribution in [0.2, 0.25) is 18.1 Å². The molecule has 0 spiro atoms. The molecule has 0 saturated heterocycles. The quantitative estimate of drug-likeness (QED) is 0.360. The first-order valence-corrected chi connectivity index (χ1v) is 15.3.